The summed E-state index contributed by atoms with van der Waals surface area (Å²) in [5, 5.41) is 9.98. The molecule has 5 aromatic heterocycles. The second-order valence-electron chi connectivity index (χ2n) is 14.8. The molecule has 0 atom stereocenters. The molecule has 56 heavy (non-hydrogen) atoms. The van der Waals surface area contributed by atoms with E-state index in [2.05, 4.69) is 196 Å². The number of hydrogen-bond donors (Lipinski definition) is 0. The zero-order chi connectivity index (χ0) is 36.5. The number of para-hydroxylation sites is 5. The number of imidazole rings is 1. The highest BCUT2D eigenvalue weighted by Gasteiger charge is 2.20. The highest BCUT2D eigenvalue weighted by molar-refractivity contribution is 7.25. The van der Waals surface area contributed by atoms with E-state index in [4.69, 9.17) is 4.98 Å². The molecule has 0 saturated carbocycles. The van der Waals surface area contributed by atoms with Crippen molar-refractivity contribution in [2.45, 2.75) is 0 Å². The van der Waals surface area contributed by atoms with Gasteiger partial charge < -0.3 is 9.13 Å². The molecule has 0 unspecified atom stereocenters. The van der Waals surface area contributed by atoms with E-state index in [0.29, 0.717) is 0 Å². The van der Waals surface area contributed by atoms with E-state index in [1.807, 2.05) is 11.3 Å². The van der Waals surface area contributed by atoms with Crippen LogP contribution in [0.4, 0.5) is 0 Å². The van der Waals surface area contributed by atoms with E-state index in [1.54, 1.807) is 0 Å². The molecule has 0 N–H and O–H groups in total. The van der Waals surface area contributed by atoms with Crippen LogP contribution in [0.15, 0.2) is 182 Å². The van der Waals surface area contributed by atoms with Crippen molar-refractivity contribution < 1.29 is 0 Å². The summed E-state index contributed by atoms with van der Waals surface area (Å²) in [7, 11) is 0. The highest BCUT2D eigenvalue weighted by Crippen LogP contribution is 2.44. The lowest BCUT2D eigenvalue weighted by Gasteiger charge is -2.10. The number of hydrogen-bond acceptors (Lipinski definition) is 2. The first-order valence-electron chi connectivity index (χ1n) is 19.1. The Morgan fingerprint density at radius 2 is 0.929 bits per heavy atom. The second kappa shape index (κ2) is 11.2. The lowest BCUT2D eigenvalue weighted by atomic mass is 10.0. The number of pyridine rings is 1. The lowest BCUT2D eigenvalue weighted by Crippen LogP contribution is -1.93. The third kappa shape index (κ3) is 4.04. The fourth-order valence-electron chi connectivity index (χ4n) is 9.38. The monoisotopic (exact) mass is 730 g/mol. The second-order valence-corrected chi connectivity index (χ2v) is 15.8. The summed E-state index contributed by atoms with van der Waals surface area (Å²) in [4.78, 5) is 6.36. The first-order chi connectivity index (χ1) is 27.8. The predicted molar refractivity (Wildman–Crippen MR) is 237 cm³/mol. The Bertz CT molecular complexity index is 3770. The minimum absolute atomic E-state index is 1.01. The van der Waals surface area contributed by atoms with Crippen molar-refractivity contribution in [3.05, 3.63) is 182 Å². The lowest BCUT2D eigenvalue weighted by molar-refractivity contribution is 1.18. The van der Waals surface area contributed by atoms with Crippen molar-refractivity contribution in [1.29, 1.82) is 0 Å². The van der Waals surface area contributed by atoms with Gasteiger partial charge in [-0.25, -0.2) is 4.98 Å². The van der Waals surface area contributed by atoms with Crippen LogP contribution in [0.1, 0.15) is 0 Å². The Morgan fingerprint density at radius 1 is 0.375 bits per heavy atom. The first-order valence-corrected chi connectivity index (χ1v) is 19.9. The smallest absolute Gasteiger partial charge is 0.147 e. The van der Waals surface area contributed by atoms with Crippen LogP contribution in [0.5, 0.6) is 0 Å². The summed E-state index contributed by atoms with van der Waals surface area (Å²) in [6.07, 6.45) is 0. The molecule has 0 fully saturated rings. The minimum Gasteiger partial charge on any atom is -0.309 e. The summed E-state index contributed by atoms with van der Waals surface area (Å²) in [5.41, 5.74) is 12.8. The van der Waals surface area contributed by atoms with E-state index >= 15 is 0 Å². The molecule has 0 radical (unpaired) electrons. The van der Waals surface area contributed by atoms with Gasteiger partial charge in [0.25, 0.3) is 0 Å². The maximum Gasteiger partial charge on any atom is 0.147 e. The van der Waals surface area contributed by atoms with Gasteiger partial charge in [0.1, 0.15) is 10.5 Å². The Balaban J connectivity index is 1.02. The molecule has 0 aliphatic rings. The first kappa shape index (κ1) is 30.2. The maximum absolute atomic E-state index is 5.13. The van der Waals surface area contributed by atoms with Gasteiger partial charge in [0.05, 0.1) is 33.1 Å². The van der Waals surface area contributed by atoms with Crippen molar-refractivity contribution in [2.75, 3.05) is 0 Å². The number of nitrogens with zero attached hydrogens (tertiary/aromatic N) is 4. The Hall–Kier alpha value is -7.21. The zero-order valence-electron chi connectivity index (χ0n) is 30.0. The maximum atomic E-state index is 5.13. The highest BCUT2D eigenvalue weighted by atomic mass is 32.1. The quantitative estimate of drug-likeness (QED) is 0.178. The van der Waals surface area contributed by atoms with Crippen LogP contribution in [-0.4, -0.2) is 18.5 Å². The summed E-state index contributed by atoms with van der Waals surface area (Å²) in [5.74, 6) is 0. The molecule has 8 aromatic carbocycles. The molecule has 260 valence electrons. The van der Waals surface area contributed by atoms with Crippen LogP contribution in [0.25, 0.3) is 114 Å². The van der Waals surface area contributed by atoms with E-state index in [9.17, 15) is 0 Å². The Labute approximate surface area is 324 Å². The Kier molecular flexibility index (Phi) is 6.01. The minimum atomic E-state index is 1.01. The average molecular weight is 731 g/mol. The van der Waals surface area contributed by atoms with Crippen molar-refractivity contribution in [3.8, 4) is 22.5 Å². The topological polar surface area (TPSA) is 27.2 Å². The van der Waals surface area contributed by atoms with Crippen molar-refractivity contribution in [1.82, 2.24) is 18.5 Å². The molecule has 0 saturated heterocycles. The fourth-order valence-corrected chi connectivity index (χ4v) is 10.6. The largest absolute Gasteiger partial charge is 0.309 e. The van der Waals surface area contributed by atoms with E-state index in [-0.39, 0.29) is 0 Å². The van der Waals surface area contributed by atoms with Gasteiger partial charge in [-0.2, -0.15) is 0 Å². The van der Waals surface area contributed by atoms with Crippen molar-refractivity contribution in [3.63, 3.8) is 0 Å². The average Bonchev–Trinajstić information content (AvgIpc) is 4.01. The van der Waals surface area contributed by atoms with Crippen LogP contribution in [-0.2, 0) is 0 Å². The number of benzene rings is 8. The van der Waals surface area contributed by atoms with Gasteiger partial charge in [-0.05, 0) is 95.4 Å². The molecular formula is C51H30N4S. The van der Waals surface area contributed by atoms with Gasteiger partial charge in [-0.15, -0.1) is 11.3 Å². The molecule has 0 aliphatic carbocycles. The fraction of sp³-hybridized carbons (Fsp3) is 0. The normalized spacial score (nSPS) is 12.3. The summed E-state index contributed by atoms with van der Waals surface area (Å²) in [6.45, 7) is 0. The summed E-state index contributed by atoms with van der Waals surface area (Å²) < 4.78 is 8.46. The van der Waals surface area contributed by atoms with Crippen LogP contribution in [0, 0.1) is 0 Å². The molecule has 0 amide bonds. The van der Waals surface area contributed by atoms with Gasteiger partial charge >= 0.3 is 0 Å². The summed E-state index contributed by atoms with van der Waals surface area (Å²) in [6, 6.07) is 66.4. The van der Waals surface area contributed by atoms with Gasteiger partial charge in [-0.1, -0.05) is 103 Å². The van der Waals surface area contributed by atoms with Gasteiger partial charge in [0, 0.05) is 53.8 Å². The molecule has 0 spiro atoms. The molecular weight excluding hydrogens is 701 g/mol. The number of aromatic nitrogens is 4. The molecule has 13 aromatic rings. The third-order valence-electron chi connectivity index (χ3n) is 11.8. The molecule has 5 heterocycles. The molecule has 4 nitrogen and oxygen atoms in total. The predicted octanol–water partition coefficient (Wildman–Crippen LogP) is 13.9. The number of rotatable bonds is 3. The number of thiophene rings is 1. The molecule has 13 rings (SSSR count). The molecule has 5 heteroatoms. The van der Waals surface area contributed by atoms with Gasteiger partial charge in [0.2, 0.25) is 0 Å². The summed E-state index contributed by atoms with van der Waals surface area (Å²) >= 11 is 1.85. The van der Waals surface area contributed by atoms with E-state index in [1.165, 1.54) is 91.5 Å². The molecule has 0 aliphatic heterocycles. The number of fused-ring (bicyclic) bond motifs is 16. The van der Waals surface area contributed by atoms with Crippen LogP contribution >= 0.6 is 11.3 Å². The SMILES string of the molecule is c1ccc(-n2c3ccccc3c3cc(-c4ccc5c(c4)c4ccccc4n5-c4ccc5sc6c(c5c4)c4ccccc4c4nc5ccccc5n46)ccc32)cc1. The molecule has 0 bridgehead atoms. The van der Waals surface area contributed by atoms with E-state index in [0.717, 1.165) is 22.4 Å². The van der Waals surface area contributed by atoms with Crippen molar-refractivity contribution >= 4 is 103 Å². The van der Waals surface area contributed by atoms with Crippen LogP contribution in [0.3, 0.4) is 0 Å². The standard InChI is InChI=1S/C51H30N4S/c1-2-12-33(13-3-1)53-43-19-9-6-14-35(43)39-28-31(22-25-45(39)53)32-23-26-46-40(29-32)36-15-7-10-20-44(36)54(46)34-24-27-48-41(30-34)49-37-16-4-5-17-38(37)50-52-42-18-8-11-21-47(42)55(50)51(49)56-48/h1-30H. The van der Waals surface area contributed by atoms with Crippen LogP contribution in [0.2, 0.25) is 0 Å². The van der Waals surface area contributed by atoms with Crippen molar-refractivity contribution in [2.24, 2.45) is 0 Å². The third-order valence-corrected chi connectivity index (χ3v) is 13.0. The van der Waals surface area contributed by atoms with Gasteiger partial charge in [0.15, 0.2) is 0 Å². The van der Waals surface area contributed by atoms with E-state index < -0.39 is 0 Å². The Morgan fingerprint density at radius 3 is 1.62 bits per heavy atom. The van der Waals surface area contributed by atoms with Crippen LogP contribution < -0.4 is 0 Å². The van der Waals surface area contributed by atoms with Gasteiger partial charge in [-0.3, -0.25) is 4.40 Å². The zero-order valence-corrected chi connectivity index (χ0v) is 30.8.